The molecule has 0 bridgehead atoms. The third-order valence-electron chi connectivity index (χ3n) is 4.71. The lowest BCUT2D eigenvalue weighted by molar-refractivity contribution is -0.132. The zero-order valence-electron chi connectivity index (χ0n) is 16.5. The van der Waals surface area contributed by atoms with E-state index < -0.39 is 0 Å². The minimum absolute atomic E-state index is 0.0116. The smallest absolute Gasteiger partial charge is 0.283 e. The summed E-state index contributed by atoms with van der Waals surface area (Å²) in [5.41, 5.74) is 1.87. The number of fused-ring (bicyclic) bond motifs is 1. The molecule has 4 aromatic rings. The topological polar surface area (TPSA) is 90.2 Å². The van der Waals surface area contributed by atoms with E-state index in [2.05, 4.69) is 15.2 Å². The molecule has 0 aliphatic rings. The van der Waals surface area contributed by atoms with Crippen molar-refractivity contribution >= 4 is 16.9 Å². The van der Waals surface area contributed by atoms with Crippen LogP contribution in [0.2, 0.25) is 0 Å². The highest BCUT2D eigenvalue weighted by Gasteiger charge is 2.20. The van der Waals surface area contributed by atoms with Crippen LogP contribution < -0.4 is 0 Å². The molecule has 150 valence electrons. The second-order valence-electron chi connectivity index (χ2n) is 6.75. The average molecular weight is 393 g/mol. The van der Waals surface area contributed by atoms with E-state index in [4.69, 9.17) is 8.83 Å². The fraction of sp³-hybridized carbons (Fsp3) is 0.333. The lowest BCUT2D eigenvalue weighted by Gasteiger charge is -2.21. The number of aromatic nitrogens is 4. The second kappa shape index (κ2) is 8.30. The minimum atomic E-state index is -0.0116. The standard InChI is InChI=1S/C21H23N5O3/c1-3-11-25(13-19-23-24-21(29-19)17-10-7-12-28-17)20(27)14-26-16-9-6-5-8-15(16)22-18(26)4-2/h5-10,12H,3-4,11,13-14H2,1-2H3. The third kappa shape index (κ3) is 3.91. The summed E-state index contributed by atoms with van der Waals surface area (Å²) >= 11 is 0. The third-order valence-corrected chi connectivity index (χ3v) is 4.71. The van der Waals surface area contributed by atoms with E-state index in [0.29, 0.717) is 24.1 Å². The summed E-state index contributed by atoms with van der Waals surface area (Å²) in [5, 5.41) is 8.08. The highest BCUT2D eigenvalue weighted by Crippen LogP contribution is 2.20. The van der Waals surface area contributed by atoms with Crippen molar-refractivity contribution in [3.05, 3.63) is 54.4 Å². The number of hydrogen-bond donors (Lipinski definition) is 0. The van der Waals surface area contributed by atoms with Gasteiger partial charge in [-0.05, 0) is 30.7 Å². The minimum Gasteiger partial charge on any atom is -0.459 e. The van der Waals surface area contributed by atoms with Crippen molar-refractivity contribution in [3.63, 3.8) is 0 Å². The molecule has 29 heavy (non-hydrogen) atoms. The summed E-state index contributed by atoms with van der Waals surface area (Å²) in [7, 11) is 0. The Morgan fingerprint density at radius 2 is 2.00 bits per heavy atom. The van der Waals surface area contributed by atoms with Gasteiger partial charge in [-0.15, -0.1) is 10.2 Å². The number of hydrogen-bond acceptors (Lipinski definition) is 6. The van der Waals surface area contributed by atoms with Gasteiger partial charge in [0.05, 0.1) is 23.8 Å². The Balaban J connectivity index is 1.54. The van der Waals surface area contributed by atoms with Gasteiger partial charge in [-0.1, -0.05) is 26.0 Å². The monoisotopic (exact) mass is 393 g/mol. The molecule has 0 spiro atoms. The van der Waals surface area contributed by atoms with Gasteiger partial charge in [-0.25, -0.2) is 4.98 Å². The molecule has 8 nitrogen and oxygen atoms in total. The Morgan fingerprint density at radius 3 is 2.76 bits per heavy atom. The van der Waals surface area contributed by atoms with Gasteiger partial charge in [0.2, 0.25) is 11.8 Å². The molecule has 4 rings (SSSR count). The Hall–Kier alpha value is -3.42. The van der Waals surface area contributed by atoms with Crippen LogP contribution in [0.15, 0.2) is 51.5 Å². The number of carbonyl (C=O) groups excluding carboxylic acids is 1. The highest BCUT2D eigenvalue weighted by molar-refractivity contribution is 5.81. The molecule has 0 aliphatic carbocycles. The molecule has 8 heteroatoms. The Morgan fingerprint density at radius 1 is 1.14 bits per heavy atom. The Labute approximate surface area is 168 Å². The van der Waals surface area contributed by atoms with Crippen LogP contribution in [0.4, 0.5) is 0 Å². The molecule has 0 aliphatic heterocycles. The Kier molecular flexibility index (Phi) is 5.41. The van der Waals surface area contributed by atoms with Gasteiger partial charge in [0.1, 0.15) is 12.4 Å². The lowest BCUT2D eigenvalue weighted by Crippen LogP contribution is -2.34. The maximum Gasteiger partial charge on any atom is 0.283 e. The fourth-order valence-corrected chi connectivity index (χ4v) is 3.35. The quantitative estimate of drug-likeness (QED) is 0.454. The average Bonchev–Trinajstić information content (AvgIpc) is 3.47. The predicted molar refractivity (Wildman–Crippen MR) is 107 cm³/mol. The summed E-state index contributed by atoms with van der Waals surface area (Å²) in [6.45, 7) is 5.16. The summed E-state index contributed by atoms with van der Waals surface area (Å²) < 4.78 is 12.9. The van der Waals surface area contributed by atoms with Crippen LogP contribution in [0.1, 0.15) is 32.0 Å². The SMILES string of the molecule is CCCN(Cc1nnc(-c2ccco2)o1)C(=O)Cn1c(CC)nc2ccccc21. The second-order valence-corrected chi connectivity index (χ2v) is 6.75. The van der Waals surface area contributed by atoms with Crippen molar-refractivity contribution in [2.24, 2.45) is 0 Å². The molecule has 0 N–H and O–H groups in total. The van der Waals surface area contributed by atoms with E-state index in [1.165, 1.54) is 0 Å². The number of para-hydroxylation sites is 2. The summed E-state index contributed by atoms with van der Waals surface area (Å²) in [4.78, 5) is 19.5. The number of imidazole rings is 1. The van der Waals surface area contributed by atoms with Gasteiger partial charge >= 0.3 is 0 Å². The molecule has 0 fully saturated rings. The van der Waals surface area contributed by atoms with Crippen molar-refractivity contribution in [1.29, 1.82) is 0 Å². The molecule has 0 saturated heterocycles. The summed E-state index contributed by atoms with van der Waals surface area (Å²) in [6, 6.07) is 11.4. The number of rotatable bonds is 8. The van der Waals surface area contributed by atoms with E-state index >= 15 is 0 Å². The van der Waals surface area contributed by atoms with E-state index in [9.17, 15) is 4.79 Å². The zero-order chi connectivity index (χ0) is 20.2. The van der Waals surface area contributed by atoms with Crippen molar-refractivity contribution in [2.75, 3.05) is 6.54 Å². The highest BCUT2D eigenvalue weighted by atomic mass is 16.4. The number of nitrogens with zero attached hydrogens (tertiary/aromatic N) is 5. The van der Waals surface area contributed by atoms with Crippen LogP contribution >= 0.6 is 0 Å². The summed E-state index contributed by atoms with van der Waals surface area (Å²) in [6.07, 6.45) is 3.13. The van der Waals surface area contributed by atoms with Crippen molar-refractivity contribution in [3.8, 4) is 11.7 Å². The number of aryl methyl sites for hydroxylation is 1. The summed E-state index contributed by atoms with van der Waals surface area (Å²) in [5.74, 6) is 2.08. The van der Waals surface area contributed by atoms with Crippen molar-refractivity contribution in [1.82, 2.24) is 24.6 Å². The van der Waals surface area contributed by atoms with Crippen LogP contribution in [0.3, 0.4) is 0 Å². The van der Waals surface area contributed by atoms with Gasteiger partial charge in [0, 0.05) is 13.0 Å². The lowest BCUT2D eigenvalue weighted by atomic mass is 10.3. The van der Waals surface area contributed by atoms with Gasteiger partial charge in [-0.2, -0.15) is 0 Å². The predicted octanol–water partition coefficient (Wildman–Crippen LogP) is 3.68. The number of furan rings is 1. The first-order valence-corrected chi connectivity index (χ1v) is 9.77. The Bertz CT molecular complexity index is 1100. The van der Waals surface area contributed by atoms with Gasteiger partial charge in [-0.3, -0.25) is 4.79 Å². The van der Waals surface area contributed by atoms with Gasteiger partial charge in [0.25, 0.3) is 5.89 Å². The van der Waals surface area contributed by atoms with Crippen LogP contribution in [-0.4, -0.2) is 37.1 Å². The normalized spacial score (nSPS) is 11.2. The molecule has 0 radical (unpaired) electrons. The van der Waals surface area contributed by atoms with Crippen LogP contribution in [0.25, 0.3) is 22.7 Å². The first-order valence-electron chi connectivity index (χ1n) is 9.77. The molecule has 3 heterocycles. The van der Waals surface area contributed by atoms with Crippen LogP contribution in [0, 0.1) is 0 Å². The molecule has 0 unspecified atom stereocenters. The molecule has 0 saturated carbocycles. The maximum atomic E-state index is 13.1. The first-order chi connectivity index (χ1) is 14.2. The van der Waals surface area contributed by atoms with Crippen molar-refractivity contribution < 1.29 is 13.6 Å². The molecular formula is C21H23N5O3. The number of carbonyl (C=O) groups is 1. The molecule has 3 aromatic heterocycles. The van der Waals surface area contributed by atoms with E-state index in [0.717, 1.165) is 29.7 Å². The fourth-order valence-electron chi connectivity index (χ4n) is 3.35. The van der Waals surface area contributed by atoms with Crippen LogP contribution in [0.5, 0.6) is 0 Å². The van der Waals surface area contributed by atoms with Crippen molar-refractivity contribution in [2.45, 2.75) is 39.8 Å². The number of benzene rings is 1. The zero-order valence-corrected chi connectivity index (χ0v) is 16.5. The largest absolute Gasteiger partial charge is 0.459 e. The van der Waals surface area contributed by atoms with Gasteiger partial charge in [0.15, 0.2) is 5.76 Å². The molecular weight excluding hydrogens is 370 g/mol. The molecule has 1 amide bonds. The van der Waals surface area contributed by atoms with E-state index in [1.54, 1.807) is 23.3 Å². The molecule has 0 atom stereocenters. The molecule has 1 aromatic carbocycles. The number of amides is 1. The first kappa shape index (κ1) is 18.9. The van der Waals surface area contributed by atoms with Crippen LogP contribution in [-0.2, 0) is 24.3 Å². The van der Waals surface area contributed by atoms with Gasteiger partial charge < -0.3 is 18.3 Å². The van der Waals surface area contributed by atoms with E-state index in [1.807, 2.05) is 42.7 Å². The maximum absolute atomic E-state index is 13.1. The van der Waals surface area contributed by atoms with E-state index in [-0.39, 0.29) is 19.0 Å².